The zero-order valence-corrected chi connectivity index (χ0v) is 10.4. The van der Waals surface area contributed by atoms with E-state index in [-0.39, 0.29) is 5.82 Å². The number of esters is 1. The number of nitrogens with one attached hydrogen (secondary N) is 1. The lowest BCUT2D eigenvalue weighted by atomic mass is 10.1. The molecule has 1 N–H and O–H groups in total. The third kappa shape index (κ3) is 1.97. The average molecular weight is 257 g/mol. The van der Waals surface area contributed by atoms with Crippen molar-refractivity contribution in [1.82, 2.24) is 15.0 Å². The Bertz CT molecular complexity index is 757. The lowest BCUT2D eigenvalue weighted by Gasteiger charge is -1.96. The number of oxazole rings is 1. The van der Waals surface area contributed by atoms with E-state index in [1.165, 1.54) is 7.11 Å². The first-order chi connectivity index (χ1) is 9.17. The Kier molecular flexibility index (Phi) is 2.56. The Labute approximate surface area is 108 Å². The van der Waals surface area contributed by atoms with E-state index in [0.29, 0.717) is 11.5 Å². The average Bonchev–Trinajstić information content (AvgIpc) is 3.01. The van der Waals surface area contributed by atoms with E-state index < -0.39 is 5.97 Å². The molecule has 0 unspecified atom stereocenters. The molecule has 0 bridgehead atoms. The lowest BCUT2D eigenvalue weighted by molar-refractivity contribution is 0.0588. The number of aromatic nitrogens is 3. The summed E-state index contributed by atoms with van der Waals surface area (Å²) in [5, 5.41) is 0. The molecule has 1 aromatic carbocycles. The number of carbonyl (C=O) groups excluding carboxylic acids is 1. The van der Waals surface area contributed by atoms with Gasteiger partial charge in [-0.2, -0.15) is 0 Å². The molecule has 3 rings (SSSR count). The zero-order chi connectivity index (χ0) is 13.4. The second-order valence-corrected chi connectivity index (χ2v) is 4.05. The van der Waals surface area contributed by atoms with Gasteiger partial charge in [0, 0.05) is 12.5 Å². The number of benzene rings is 1. The van der Waals surface area contributed by atoms with Crippen LogP contribution in [-0.2, 0) is 4.74 Å². The molecule has 0 aliphatic carbocycles. The van der Waals surface area contributed by atoms with Gasteiger partial charge in [-0.15, -0.1) is 0 Å². The summed E-state index contributed by atoms with van der Waals surface area (Å²) in [6.45, 7) is 1.80. The Balaban J connectivity index is 2.03. The first kappa shape index (κ1) is 11.5. The molecule has 2 heterocycles. The van der Waals surface area contributed by atoms with Crippen LogP contribution in [0, 0.1) is 6.92 Å². The van der Waals surface area contributed by atoms with E-state index in [1.807, 2.05) is 18.2 Å². The van der Waals surface area contributed by atoms with Crippen LogP contribution in [-0.4, -0.2) is 28.0 Å². The van der Waals surface area contributed by atoms with E-state index in [4.69, 9.17) is 4.42 Å². The highest BCUT2D eigenvalue weighted by molar-refractivity contribution is 5.86. The van der Waals surface area contributed by atoms with Crippen LogP contribution in [0.25, 0.3) is 22.4 Å². The molecule has 0 saturated heterocycles. The first-order valence-electron chi connectivity index (χ1n) is 5.68. The smallest absolute Gasteiger partial charge is 0.374 e. The molecule has 3 aromatic rings. The van der Waals surface area contributed by atoms with E-state index >= 15 is 0 Å². The van der Waals surface area contributed by atoms with Gasteiger partial charge in [0.1, 0.15) is 5.52 Å². The molecule has 19 heavy (non-hydrogen) atoms. The topological polar surface area (TPSA) is 81.0 Å². The zero-order valence-electron chi connectivity index (χ0n) is 10.4. The number of ether oxygens (including phenoxy) is 1. The molecular formula is C13H11N3O3. The number of H-pyrrole nitrogens is 1. The second kappa shape index (κ2) is 4.24. The number of aromatic amines is 1. The van der Waals surface area contributed by atoms with Crippen LogP contribution in [0.2, 0.25) is 0 Å². The van der Waals surface area contributed by atoms with Crippen molar-refractivity contribution < 1.29 is 13.9 Å². The summed E-state index contributed by atoms with van der Waals surface area (Å²) in [7, 11) is 1.31. The highest BCUT2D eigenvalue weighted by Gasteiger charge is 2.12. The molecule has 0 saturated carbocycles. The molecule has 0 aliphatic heterocycles. The number of aryl methyl sites for hydroxylation is 1. The van der Waals surface area contributed by atoms with Crippen molar-refractivity contribution in [3.8, 4) is 11.3 Å². The van der Waals surface area contributed by atoms with Crippen LogP contribution in [0.15, 0.2) is 28.8 Å². The van der Waals surface area contributed by atoms with Gasteiger partial charge >= 0.3 is 5.97 Å². The number of hydrogen-bond acceptors (Lipinski definition) is 5. The van der Waals surface area contributed by atoms with Crippen molar-refractivity contribution in [3.05, 3.63) is 36.1 Å². The summed E-state index contributed by atoms with van der Waals surface area (Å²) in [6.07, 6.45) is 1.58. The third-order valence-corrected chi connectivity index (χ3v) is 2.76. The van der Waals surface area contributed by atoms with Gasteiger partial charge in [0.05, 0.1) is 19.0 Å². The van der Waals surface area contributed by atoms with E-state index in [0.717, 1.165) is 16.8 Å². The largest absolute Gasteiger partial charge is 0.463 e. The summed E-state index contributed by atoms with van der Waals surface area (Å²) in [5.41, 5.74) is 3.08. The van der Waals surface area contributed by atoms with Gasteiger partial charge in [0.15, 0.2) is 11.5 Å². The first-order valence-corrected chi connectivity index (χ1v) is 5.68. The predicted octanol–water partition coefficient (Wildman–Crippen LogP) is 2.31. The SMILES string of the molecule is COC(=O)c1ncc(-c2ccc3nc(C)oc3c2)[nH]1. The molecular weight excluding hydrogens is 246 g/mol. The Morgan fingerprint density at radius 2 is 2.26 bits per heavy atom. The summed E-state index contributed by atoms with van der Waals surface area (Å²) >= 11 is 0. The summed E-state index contributed by atoms with van der Waals surface area (Å²) in [5.74, 6) is 0.293. The van der Waals surface area contributed by atoms with E-state index in [2.05, 4.69) is 19.7 Å². The molecule has 0 aliphatic rings. The Morgan fingerprint density at radius 1 is 1.42 bits per heavy atom. The molecule has 6 nitrogen and oxygen atoms in total. The van der Waals surface area contributed by atoms with E-state index in [9.17, 15) is 4.79 Å². The molecule has 0 radical (unpaired) electrons. The number of imidazole rings is 1. The number of hydrogen-bond donors (Lipinski definition) is 1. The van der Waals surface area contributed by atoms with Gasteiger partial charge in [-0.1, -0.05) is 6.07 Å². The predicted molar refractivity (Wildman–Crippen MR) is 67.7 cm³/mol. The number of rotatable bonds is 2. The molecule has 0 spiro atoms. The van der Waals surface area contributed by atoms with Gasteiger partial charge < -0.3 is 14.1 Å². The van der Waals surface area contributed by atoms with Crippen LogP contribution < -0.4 is 0 Å². The van der Waals surface area contributed by atoms with Crippen LogP contribution in [0.3, 0.4) is 0 Å². The van der Waals surface area contributed by atoms with E-state index in [1.54, 1.807) is 13.1 Å². The lowest BCUT2D eigenvalue weighted by Crippen LogP contribution is -2.03. The minimum atomic E-state index is -0.497. The van der Waals surface area contributed by atoms with Crippen molar-refractivity contribution in [2.45, 2.75) is 6.92 Å². The van der Waals surface area contributed by atoms with Crippen molar-refractivity contribution in [3.63, 3.8) is 0 Å². The number of nitrogens with zero attached hydrogens (tertiary/aromatic N) is 2. The standard InChI is InChI=1S/C13H11N3O3/c1-7-15-9-4-3-8(5-11(9)19-7)10-6-14-12(16-10)13(17)18-2/h3-6H,1-2H3,(H,14,16). The molecule has 0 atom stereocenters. The molecule has 96 valence electrons. The summed E-state index contributed by atoms with van der Waals surface area (Å²) in [6, 6.07) is 5.60. The normalized spacial score (nSPS) is 10.8. The van der Waals surface area contributed by atoms with Crippen molar-refractivity contribution in [2.24, 2.45) is 0 Å². The number of methoxy groups -OCH3 is 1. The molecule has 2 aromatic heterocycles. The van der Waals surface area contributed by atoms with Crippen LogP contribution in [0.5, 0.6) is 0 Å². The Hall–Kier alpha value is -2.63. The molecule has 0 amide bonds. The Morgan fingerprint density at radius 3 is 3.05 bits per heavy atom. The maximum Gasteiger partial charge on any atom is 0.374 e. The van der Waals surface area contributed by atoms with Crippen molar-refractivity contribution in [1.29, 1.82) is 0 Å². The fraction of sp³-hybridized carbons (Fsp3) is 0.154. The van der Waals surface area contributed by atoms with Gasteiger partial charge in [0.2, 0.25) is 5.82 Å². The third-order valence-electron chi connectivity index (χ3n) is 2.76. The van der Waals surface area contributed by atoms with Crippen LogP contribution in [0.1, 0.15) is 16.5 Å². The number of carbonyl (C=O) groups is 1. The maximum absolute atomic E-state index is 11.3. The van der Waals surface area contributed by atoms with Gasteiger partial charge in [0.25, 0.3) is 0 Å². The highest BCUT2D eigenvalue weighted by Crippen LogP contribution is 2.23. The van der Waals surface area contributed by atoms with Gasteiger partial charge in [-0.05, 0) is 12.1 Å². The van der Waals surface area contributed by atoms with Crippen LogP contribution in [0.4, 0.5) is 0 Å². The minimum absolute atomic E-state index is 0.173. The van der Waals surface area contributed by atoms with Crippen LogP contribution >= 0.6 is 0 Å². The minimum Gasteiger partial charge on any atom is -0.463 e. The number of fused-ring (bicyclic) bond motifs is 1. The molecule has 6 heteroatoms. The molecule has 0 fully saturated rings. The van der Waals surface area contributed by atoms with Gasteiger partial charge in [-0.25, -0.2) is 14.8 Å². The quantitative estimate of drug-likeness (QED) is 0.712. The monoisotopic (exact) mass is 257 g/mol. The fourth-order valence-electron chi connectivity index (χ4n) is 1.88. The highest BCUT2D eigenvalue weighted by atomic mass is 16.5. The van der Waals surface area contributed by atoms with Gasteiger partial charge in [-0.3, -0.25) is 0 Å². The van der Waals surface area contributed by atoms with Crippen molar-refractivity contribution in [2.75, 3.05) is 7.11 Å². The second-order valence-electron chi connectivity index (χ2n) is 4.05. The fourth-order valence-corrected chi connectivity index (χ4v) is 1.88. The summed E-state index contributed by atoms with van der Waals surface area (Å²) < 4.78 is 10.1. The summed E-state index contributed by atoms with van der Waals surface area (Å²) in [4.78, 5) is 22.4. The maximum atomic E-state index is 11.3. The van der Waals surface area contributed by atoms with Crippen molar-refractivity contribution >= 4 is 17.1 Å².